The van der Waals surface area contributed by atoms with E-state index in [-0.39, 0.29) is 11.4 Å². The molecule has 0 unspecified atom stereocenters. The molecule has 162 valence electrons. The number of anilines is 1. The standard InChI is InChI=1S/C23H24Cl2N4O2/c1-23(2,3)31-22(30)29-12-10-28(11-13-29)17-7-4-15(5-8-17)20-18-14-16(24)6-9-19(18)26-21(25)27-20/h4-9,14H,10-13H2,1-3H3. The minimum atomic E-state index is -0.484. The van der Waals surface area contributed by atoms with Gasteiger partial charge < -0.3 is 14.5 Å². The fourth-order valence-corrected chi connectivity index (χ4v) is 3.94. The summed E-state index contributed by atoms with van der Waals surface area (Å²) in [6, 6.07) is 13.6. The van der Waals surface area contributed by atoms with Crippen molar-refractivity contribution in [2.24, 2.45) is 0 Å². The van der Waals surface area contributed by atoms with E-state index in [1.54, 1.807) is 11.0 Å². The quantitative estimate of drug-likeness (QED) is 0.463. The Morgan fingerprint density at radius 1 is 0.968 bits per heavy atom. The van der Waals surface area contributed by atoms with Gasteiger partial charge in [0, 0.05) is 47.8 Å². The molecular weight excluding hydrogens is 435 g/mol. The van der Waals surface area contributed by atoms with Crippen LogP contribution in [0.15, 0.2) is 42.5 Å². The number of carbonyl (C=O) groups is 1. The van der Waals surface area contributed by atoms with Gasteiger partial charge in [-0.15, -0.1) is 0 Å². The molecule has 0 atom stereocenters. The van der Waals surface area contributed by atoms with E-state index >= 15 is 0 Å². The van der Waals surface area contributed by atoms with Gasteiger partial charge in [0.2, 0.25) is 5.28 Å². The first-order valence-corrected chi connectivity index (χ1v) is 10.9. The zero-order valence-corrected chi connectivity index (χ0v) is 19.2. The first-order valence-electron chi connectivity index (χ1n) is 10.2. The summed E-state index contributed by atoms with van der Waals surface area (Å²) in [6.07, 6.45) is -0.256. The van der Waals surface area contributed by atoms with Gasteiger partial charge in [0.1, 0.15) is 5.60 Å². The van der Waals surface area contributed by atoms with Crippen molar-refractivity contribution in [1.29, 1.82) is 0 Å². The van der Waals surface area contributed by atoms with Crippen LogP contribution in [-0.2, 0) is 4.74 Å². The van der Waals surface area contributed by atoms with Crippen LogP contribution in [0.1, 0.15) is 20.8 Å². The van der Waals surface area contributed by atoms with Gasteiger partial charge in [-0.05, 0) is 62.7 Å². The van der Waals surface area contributed by atoms with Crippen molar-refractivity contribution in [3.05, 3.63) is 52.8 Å². The molecule has 1 fully saturated rings. The van der Waals surface area contributed by atoms with Crippen LogP contribution in [-0.4, -0.2) is 52.7 Å². The maximum atomic E-state index is 12.3. The normalized spacial score (nSPS) is 14.7. The minimum Gasteiger partial charge on any atom is -0.444 e. The molecule has 8 heteroatoms. The molecule has 3 aromatic rings. The summed E-state index contributed by atoms with van der Waals surface area (Å²) in [5.41, 5.74) is 3.05. The fraction of sp³-hybridized carbons (Fsp3) is 0.348. The smallest absolute Gasteiger partial charge is 0.410 e. The number of hydrogen-bond acceptors (Lipinski definition) is 5. The molecule has 1 aromatic heterocycles. The van der Waals surface area contributed by atoms with Crippen molar-refractivity contribution in [1.82, 2.24) is 14.9 Å². The number of rotatable bonds is 2. The Hall–Kier alpha value is -2.57. The Kier molecular flexibility index (Phi) is 5.95. The average molecular weight is 459 g/mol. The van der Waals surface area contributed by atoms with Crippen LogP contribution >= 0.6 is 23.2 Å². The number of fused-ring (bicyclic) bond motifs is 1. The van der Waals surface area contributed by atoms with Gasteiger partial charge in [-0.1, -0.05) is 23.7 Å². The van der Waals surface area contributed by atoms with Gasteiger partial charge in [-0.25, -0.2) is 14.8 Å². The fourth-order valence-electron chi connectivity index (χ4n) is 3.60. The Morgan fingerprint density at radius 2 is 1.65 bits per heavy atom. The lowest BCUT2D eigenvalue weighted by atomic mass is 10.1. The molecule has 0 saturated carbocycles. The average Bonchev–Trinajstić information content (AvgIpc) is 2.72. The molecule has 1 saturated heterocycles. The van der Waals surface area contributed by atoms with E-state index < -0.39 is 5.60 Å². The van der Waals surface area contributed by atoms with Crippen molar-refractivity contribution >= 4 is 45.9 Å². The summed E-state index contributed by atoms with van der Waals surface area (Å²) in [6.45, 7) is 8.38. The minimum absolute atomic E-state index is 0.201. The molecule has 1 amide bonds. The number of benzene rings is 2. The van der Waals surface area contributed by atoms with E-state index in [1.165, 1.54) is 0 Å². The molecule has 2 heterocycles. The summed E-state index contributed by atoms with van der Waals surface area (Å²) < 4.78 is 5.47. The number of piperazine rings is 1. The second kappa shape index (κ2) is 8.52. The van der Waals surface area contributed by atoms with Crippen molar-refractivity contribution in [2.75, 3.05) is 31.1 Å². The van der Waals surface area contributed by atoms with Crippen LogP contribution in [0.3, 0.4) is 0 Å². The van der Waals surface area contributed by atoms with Gasteiger partial charge in [-0.3, -0.25) is 0 Å². The summed E-state index contributed by atoms with van der Waals surface area (Å²) in [7, 11) is 0. The van der Waals surface area contributed by atoms with E-state index in [0.29, 0.717) is 18.1 Å². The van der Waals surface area contributed by atoms with Gasteiger partial charge in [0.25, 0.3) is 0 Å². The molecule has 0 spiro atoms. The third-order valence-electron chi connectivity index (χ3n) is 5.07. The van der Waals surface area contributed by atoms with Crippen LogP contribution in [0.2, 0.25) is 10.3 Å². The highest BCUT2D eigenvalue weighted by Gasteiger charge is 2.26. The summed E-state index contributed by atoms with van der Waals surface area (Å²) >= 11 is 12.3. The van der Waals surface area contributed by atoms with Crippen molar-refractivity contribution in [2.45, 2.75) is 26.4 Å². The summed E-state index contributed by atoms with van der Waals surface area (Å²) in [5, 5.41) is 1.68. The molecular formula is C23H24Cl2N4O2. The summed E-state index contributed by atoms with van der Waals surface area (Å²) in [5.74, 6) is 0. The molecule has 1 aliphatic heterocycles. The largest absolute Gasteiger partial charge is 0.444 e. The second-order valence-corrected chi connectivity index (χ2v) is 9.28. The van der Waals surface area contributed by atoms with Gasteiger partial charge >= 0.3 is 6.09 Å². The maximum absolute atomic E-state index is 12.3. The van der Waals surface area contributed by atoms with Crippen LogP contribution < -0.4 is 4.90 Å². The maximum Gasteiger partial charge on any atom is 0.410 e. The van der Waals surface area contributed by atoms with E-state index in [4.69, 9.17) is 27.9 Å². The van der Waals surface area contributed by atoms with Crippen LogP contribution in [0.25, 0.3) is 22.2 Å². The van der Waals surface area contributed by atoms with Crippen molar-refractivity contribution < 1.29 is 9.53 Å². The molecule has 31 heavy (non-hydrogen) atoms. The first kappa shape index (κ1) is 21.7. The molecule has 0 radical (unpaired) electrons. The highest BCUT2D eigenvalue weighted by molar-refractivity contribution is 6.31. The third kappa shape index (κ3) is 5.02. The molecule has 1 aliphatic rings. The zero-order chi connectivity index (χ0) is 22.2. The van der Waals surface area contributed by atoms with E-state index in [9.17, 15) is 4.79 Å². The lowest BCUT2D eigenvalue weighted by Crippen LogP contribution is -2.50. The topological polar surface area (TPSA) is 58.6 Å². The Labute approximate surface area is 191 Å². The number of ether oxygens (including phenoxy) is 1. The molecule has 0 bridgehead atoms. The third-order valence-corrected chi connectivity index (χ3v) is 5.47. The predicted octanol–water partition coefficient (Wildman–Crippen LogP) is 5.66. The second-order valence-electron chi connectivity index (χ2n) is 8.50. The number of aromatic nitrogens is 2. The number of nitrogens with zero attached hydrogens (tertiary/aromatic N) is 4. The van der Waals surface area contributed by atoms with E-state index in [1.807, 2.05) is 45.0 Å². The number of hydrogen-bond donors (Lipinski definition) is 0. The highest BCUT2D eigenvalue weighted by Crippen LogP contribution is 2.31. The van der Waals surface area contributed by atoms with Crippen molar-refractivity contribution in [3.63, 3.8) is 0 Å². The number of carbonyl (C=O) groups excluding carboxylic acids is 1. The predicted molar refractivity (Wildman–Crippen MR) is 125 cm³/mol. The SMILES string of the molecule is CC(C)(C)OC(=O)N1CCN(c2ccc(-c3nc(Cl)nc4ccc(Cl)cc34)cc2)CC1. The van der Waals surface area contributed by atoms with E-state index in [0.717, 1.165) is 40.9 Å². The van der Waals surface area contributed by atoms with E-state index in [2.05, 4.69) is 27.0 Å². The molecule has 6 nitrogen and oxygen atoms in total. The van der Waals surface area contributed by atoms with Gasteiger partial charge in [0.15, 0.2) is 0 Å². The highest BCUT2D eigenvalue weighted by atomic mass is 35.5. The Balaban J connectivity index is 1.50. The molecule has 0 N–H and O–H groups in total. The number of halogens is 2. The van der Waals surface area contributed by atoms with Crippen LogP contribution in [0.5, 0.6) is 0 Å². The van der Waals surface area contributed by atoms with Crippen LogP contribution in [0.4, 0.5) is 10.5 Å². The molecule has 0 aliphatic carbocycles. The Bertz CT molecular complexity index is 1100. The summed E-state index contributed by atoms with van der Waals surface area (Å²) in [4.78, 5) is 25.0. The lowest BCUT2D eigenvalue weighted by molar-refractivity contribution is 0.0240. The van der Waals surface area contributed by atoms with Gasteiger partial charge in [0.05, 0.1) is 11.2 Å². The Morgan fingerprint density at radius 3 is 2.29 bits per heavy atom. The lowest BCUT2D eigenvalue weighted by Gasteiger charge is -2.36. The molecule has 2 aromatic carbocycles. The van der Waals surface area contributed by atoms with Crippen LogP contribution in [0, 0.1) is 0 Å². The van der Waals surface area contributed by atoms with Crippen molar-refractivity contribution in [3.8, 4) is 11.3 Å². The monoisotopic (exact) mass is 458 g/mol. The van der Waals surface area contributed by atoms with Gasteiger partial charge in [-0.2, -0.15) is 0 Å². The zero-order valence-electron chi connectivity index (χ0n) is 17.7. The number of amides is 1. The molecule has 4 rings (SSSR count). The first-order chi connectivity index (χ1) is 14.7.